The molecule has 0 aliphatic heterocycles. The van der Waals surface area contributed by atoms with Crippen LogP contribution in [0.25, 0.3) is 0 Å². The van der Waals surface area contributed by atoms with Crippen molar-refractivity contribution in [2.75, 3.05) is 0 Å². The summed E-state index contributed by atoms with van der Waals surface area (Å²) in [5.41, 5.74) is 10.1. The number of benzene rings is 1. The van der Waals surface area contributed by atoms with Crippen LogP contribution in [0.15, 0.2) is 18.2 Å². The van der Waals surface area contributed by atoms with Gasteiger partial charge in [0, 0.05) is 5.54 Å². The third-order valence-electron chi connectivity index (χ3n) is 3.78. The highest BCUT2D eigenvalue weighted by Gasteiger charge is 2.33. The van der Waals surface area contributed by atoms with Crippen molar-refractivity contribution < 1.29 is 5.11 Å². The van der Waals surface area contributed by atoms with Gasteiger partial charge in [0.15, 0.2) is 0 Å². The molecule has 0 saturated heterocycles. The van der Waals surface area contributed by atoms with E-state index in [1.165, 1.54) is 16.7 Å². The topological polar surface area (TPSA) is 46.2 Å². The van der Waals surface area contributed by atoms with Gasteiger partial charge in [0.2, 0.25) is 0 Å². The van der Waals surface area contributed by atoms with Crippen LogP contribution in [0.2, 0.25) is 0 Å². The molecule has 0 radical (unpaired) electrons. The average Bonchev–Trinajstić information content (AvgIpc) is 2.26. The van der Waals surface area contributed by atoms with E-state index in [1.54, 1.807) is 0 Å². The summed E-state index contributed by atoms with van der Waals surface area (Å²) in [6.07, 6.45) is 3.27. The Labute approximate surface area is 97.5 Å². The van der Waals surface area contributed by atoms with E-state index in [2.05, 4.69) is 32.0 Å². The Morgan fingerprint density at radius 1 is 1.25 bits per heavy atom. The van der Waals surface area contributed by atoms with E-state index in [9.17, 15) is 5.11 Å². The van der Waals surface area contributed by atoms with Gasteiger partial charge in [0.1, 0.15) is 0 Å². The summed E-state index contributed by atoms with van der Waals surface area (Å²) >= 11 is 0. The van der Waals surface area contributed by atoms with Gasteiger partial charge in [-0.05, 0) is 50.7 Å². The van der Waals surface area contributed by atoms with Crippen molar-refractivity contribution in [1.82, 2.24) is 0 Å². The second-order valence-corrected chi connectivity index (χ2v) is 5.21. The fourth-order valence-electron chi connectivity index (χ4n) is 2.66. The molecule has 0 atom stereocenters. The van der Waals surface area contributed by atoms with Crippen molar-refractivity contribution in [3.63, 3.8) is 0 Å². The summed E-state index contributed by atoms with van der Waals surface area (Å²) < 4.78 is 0. The summed E-state index contributed by atoms with van der Waals surface area (Å²) in [5.74, 6) is 0. The lowest BCUT2D eigenvalue weighted by atomic mass is 9.75. The molecule has 3 N–H and O–H groups in total. The van der Waals surface area contributed by atoms with Gasteiger partial charge in [-0.2, -0.15) is 0 Å². The standard InChI is InChI=1S/C14H21NO/c1-10-3-4-11(2)13(9-10)14(15)7-5-12(16)6-8-14/h3-4,9,12,16H,5-8,15H2,1-2H3. The van der Waals surface area contributed by atoms with Crippen molar-refractivity contribution in [2.24, 2.45) is 5.73 Å². The lowest BCUT2D eigenvalue weighted by Gasteiger charge is -2.37. The van der Waals surface area contributed by atoms with Crippen molar-refractivity contribution in [3.05, 3.63) is 34.9 Å². The predicted molar refractivity (Wildman–Crippen MR) is 66.3 cm³/mol. The van der Waals surface area contributed by atoms with Gasteiger partial charge in [-0.3, -0.25) is 0 Å². The molecule has 88 valence electrons. The minimum Gasteiger partial charge on any atom is -0.393 e. The van der Waals surface area contributed by atoms with Crippen molar-refractivity contribution >= 4 is 0 Å². The zero-order valence-electron chi connectivity index (χ0n) is 10.2. The quantitative estimate of drug-likeness (QED) is 0.762. The van der Waals surface area contributed by atoms with Gasteiger partial charge in [-0.1, -0.05) is 23.8 Å². The van der Waals surface area contributed by atoms with Crippen LogP contribution in [0, 0.1) is 13.8 Å². The molecule has 2 rings (SSSR count). The Bertz CT molecular complexity index is 378. The van der Waals surface area contributed by atoms with Gasteiger partial charge < -0.3 is 10.8 Å². The SMILES string of the molecule is Cc1ccc(C)c(C2(N)CCC(O)CC2)c1. The molecule has 1 aliphatic rings. The Hall–Kier alpha value is -0.860. The van der Waals surface area contributed by atoms with E-state index in [0.717, 1.165) is 25.7 Å². The molecule has 16 heavy (non-hydrogen) atoms. The third-order valence-corrected chi connectivity index (χ3v) is 3.78. The van der Waals surface area contributed by atoms with E-state index in [0.29, 0.717) is 0 Å². The minimum absolute atomic E-state index is 0.151. The molecular formula is C14H21NO. The lowest BCUT2D eigenvalue weighted by molar-refractivity contribution is 0.0967. The first-order chi connectivity index (χ1) is 7.51. The largest absolute Gasteiger partial charge is 0.393 e. The normalized spacial score (nSPS) is 30.4. The first kappa shape index (κ1) is 11.6. The second-order valence-electron chi connectivity index (χ2n) is 5.21. The molecule has 1 aromatic rings. The molecule has 1 saturated carbocycles. The monoisotopic (exact) mass is 219 g/mol. The predicted octanol–water partition coefficient (Wildman–Crippen LogP) is 2.39. The Morgan fingerprint density at radius 3 is 2.50 bits per heavy atom. The number of hydrogen-bond acceptors (Lipinski definition) is 2. The summed E-state index contributed by atoms with van der Waals surface area (Å²) in [6.45, 7) is 4.22. The van der Waals surface area contributed by atoms with E-state index in [4.69, 9.17) is 5.73 Å². The van der Waals surface area contributed by atoms with Crippen LogP contribution < -0.4 is 5.73 Å². The molecule has 0 aromatic heterocycles. The number of rotatable bonds is 1. The van der Waals surface area contributed by atoms with E-state index >= 15 is 0 Å². The van der Waals surface area contributed by atoms with E-state index in [1.807, 2.05) is 0 Å². The zero-order valence-corrected chi connectivity index (χ0v) is 10.2. The highest BCUT2D eigenvalue weighted by molar-refractivity contribution is 5.36. The maximum absolute atomic E-state index is 9.56. The molecular weight excluding hydrogens is 198 g/mol. The van der Waals surface area contributed by atoms with Crippen LogP contribution in [0.3, 0.4) is 0 Å². The van der Waals surface area contributed by atoms with Crippen LogP contribution in [-0.4, -0.2) is 11.2 Å². The van der Waals surface area contributed by atoms with Gasteiger partial charge in [0.05, 0.1) is 6.10 Å². The van der Waals surface area contributed by atoms with Crippen LogP contribution in [-0.2, 0) is 5.54 Å². The molecule has 0 bridgehead atoms. The van der Waals surface area contributed by atoms with Crippen molar-refractivity contribution in [3.8, 4) is 0 Å². The van der Waals surface area contributed by atoms with Gasteiger partial charge >= 0.3 is 0 Å². The molecule has 2 nitrogen and oxygen atoms in total. The van der Waals surface area contributed by atoms with Crippen LogP contribution >= 0.6 is 0 Å². The maximum Gasteiger partial charge on any atom is 0.0541 e. The van der Waals surface area contributed by atoms with E-state index in [-0.39, 0.29) is 11.6 Å². The summed E-state index contributed by atoms with van der Waals surface area (Å²) in [4.78, 5) is 0. The van der Waals surface area contributed by atoms with Crippen LogP contribution in [0.4, 0.5) is 0 Å². The Balaban J connectivity index is 2.32. The van der Waals surface area contributed by atoms with Gasteiger partial charge in [-0.25, -0.2) is 0 Å². The second kappa shape index (κ2) is 4.19. The number of aliphatic hydroxyl groups is 1. The molecule has 0 unspecified atom stereocenters. The highest BCUT2D eigenvalue weighted by Crippen LogP contribution is 2.36. The summed E-state index contributed by atoms with van der Waals surface area (Å²) in [5, 5.41) is 9.56. The molecule has 1 aliphatic carbocycles. The number of aliphatic hydroxyl groups excluding tert-OH is 1. The van der Waals surface area contributed by atoms with Crippen LogP contribution in [0.1, 0.15) is 42.4 Å². The Morgan fingerprint density at radius 2 is 1.88 bits per heavy atom. The fourth-order valence-corrected chi connectivity index (χ4v) is 2.66. The van der Waals surface area contributed by atoms with Crippen molar-refractivity contribution in [1.29, 1.82) is 0 Å². The first-order valence-corrected chi connectivity index (χ1v) is 6.06. The average molecular weight is 219 g/mol. The molecule has 1 fully saturated rings. The number of nitrogens with two attached hydrogens (primary N) is 1. The summed E-state index contributed by atoms with van der Waals surface area (Å²) in [6, 6.07) is 6.47. The van der Waals surface area contributed by atoms with Gasteiger partial charge in [-0.15, -0.1) is 0 Å². The molecule has 0 amide bonds. The zero-order chi connectivity index (χ0) is 11.8. The van der Waals surface area contributed by atoms with E-state index < -0.39 is 0 Å². The molecule has 2 heteroatoms. The Kier molecular flexibility index (Phi) is 3.04. The summed E-state index contributed by atoms with van der Waals surface area (Å²) in [7, 11) is 0. The minimum atomic E-state index is -0.227. The molecule has 1 aromatic carbocycles. The maximum atomic E-state index is 9.56. The van der Waals surface area contributed by atoms with Crippen LogP contribution in [0.5, 0.6) is 0 Å². The molecule has 0 spiro atoms. The highest BCUT2D eigenvalue weighted by atomic mass is 16.3. The number of hydrogen-bond donors (Lipinski definition) is 2. The molecule has 0 heterocycles. The first-order valence-electron chi connectivity index (χ1n) is 6.06. The third kappa shape index (κ3) is 2.13. The number of aryl methyl sites for hydroxylation is 2. The van der Waals surface area contributed by atoms with Gasteiger partial charge in [0.25, 0.3) is 0 Å². The van der Waals surface area contributed by atoms with Crippen molar-refractivity contribution in [2.45, 2.75) is 51.2 Å². The fraction of sp³-hybridized carbons (Fsp3) is 0.571. The smallest absolute Gasteiger partial charge is 0.0541 e. The lowest BCUT2D eigenvalue weighted by Crippen LogP contribution is -2.42.